The number of likely N-dealkylation sites (tertiary alicyclic amines) is 1. The number of rotatable bonds is 5. The average Bonchev–Trinajstić information content (AvgIpc) is 3.34. The molecule has 4 fully saturated rings. The summed E-state index contributed by atoms with van der Waals surface area (Å²) in [6.45, 7) is 4.27. The quantitative estimate of drug-likeness (QED) is 0.830. The van der Waals surface area contributed by atoms with Gasteiger partial charge in [-0.05, 0) is 51.9 Å². The molecule has 1 heterocycles. The highest BCUT2D eigenvalue weighted by Crippen LogP contribution is 2.54. The van der Waals surface area contributed by atoms with Crippen molar-refractivity contribution in [2.45, 2.75) is 76.9 Å². The van der Waals surface area contributed by atoms with Gasteiger partial charge < -0.3 is 15.0 Å². The van der Waals surface area contributed by atoms with Crippen LogP contribution in [0.15, 0.2) is 0 Å². The maximum atomic E-state index is 12.9. The van der Waals surface area contributed by atoms with Crippen molar-refractivity contribution < 1.29 is 14.3 Å². The second-order valence-electron chi connectivity index (χ2n) is 8.58. The molecule has 1 saturated heterocycles. The molecule has 2 amide bonds. The van der Waals surface area contributed by atoms with Crippen LogP contribution < -0.4 is 5.32 Å². The van der Waals surface area contributed by atoms with E-state index in [0.717, 1.165) is 45.3 Å². The summed E-state index contributed by atoms with van der Waals surface area (Å²) >= 11 is 0. The van der Waals surface area contributed by atoms with Gasteiger partial charge in [0.05, 0.1) is 12.0 Å². The van der Waals surface area contributed by atoms with Crippen molar-refractivity contribution in [2.24, 2.45) is 17.3 Å². The summed E-state index contributed by atoms with van der Waals surface area (Å²) in [6, 6.07) is 0.272. The molecule has 0 unspecified atom stereocenters. The highest BCUT2D eigenvalue weighted by molar-refractivity contribution is 5.83. The molecular weight excluding hydrogens is 316 g/mol. The second-order valence-corrected chi connectivity index (χ2v) is 8.58. The molecule has 0 aromatic rings. The Balaban J connectivity index is 1.34. The third-order valence-corrected chi connectivity index (χ3v) is 7.03. The summed E-state index contributed by atoms with van der Waals surface area (Å²) in [5.41, 5.74) is 0.184. The molecule has 1 aliphatic heterocycles. The van der Waals surface area contributed by atoms with Crippen molar-refractivity contribution in [1.82, 2.24) is 10.2 Å². The lowest BCUT2D eigenvalue weighted by Crippen LogP contribution is -2.64. The van der Waals surface area contributed by atoms with E-state index in [4.69, 9.17) is 4.74 Å². The van der Waals surface area contributed by atoms with E-state index in [1.807, 2.05) is 4.90 Å². The number of carbonyl (C=O) groups is 2. The maximum Gasteiger partial charge on any atom is 0.225 e. The number of hydrogen-bond acceptors (Lipinski definition) is 3. The van der Waals surface area contributed by atoms with Crippen molar-refractivity contribution in [3.05, 3.63) is 0 Å². The first-order chi connectivity index (χ1) is 12.1. The fourth-order valence-electron chi connectivity index (χ4n) is 5.36. The summed E-state index contributed by atoms with van der Waals surface area (Å²) in [7, 11) is 0. The first-order valence-electron chi connectivity index (χ1n) is 10.3. The van der Waals surface area contributed by atoms with E-state index in [1.165, 1.54) is 25.7 Å². The standard InChI is InChI=1S/C20H32N2O3/c1-2-25-17-12-16(20(17)9-3-4-10-20)21-18(23)15-6-5-11-22(13-15)19(24)14-7-8-14/h14-17H,2-13H2,1H3,(H,21,23)/t15-,16-,17+/m0/s1. The van der Waals surface area contributed by atoms with Gasteiger partial charge in [-0.15, -0.1) is 0 Å². The zero-order valence-corrected chi connectivity index (χ0v) is 15.5. The Morgan fingerprint density at radius 3 is 2.56 bits per heavy atom. The molecule has 4 aliphatic rings. The van der Waals surface area contributed by atoms with Gasteiger partial charge >= 0.3 is 0 Å². The molecule has 5 nitrogen and oxygen atoms in total. The fraction of sp³-hybridized carbons (Fsp3) is 0.900. The van der Waals surface area contributed by atoms with Crippen molar-refractivity contribution >= 4 is 11.8 Å². The van der Waals surface area contributed by atoms with Crippen LogP contribution >= 0.6 is 0 Å². The van der Waals surface area contributed by atoms with E-state index in [-0.39, 0.29) is 35.1 Å². The number of ether oxygens (including phenoxy) is 1. The topological polar surface area (TPSA) is 58.6 Å². The predicted molar refractivity (Wildman–Crippen MR) is 94.9 cm³/mol. The number of piperidine rings is 1. The lowest BCUT2D eigenvalue weighted by molar-refractivity contribution is -0.148. The van der Waals surface area contributed by atoms with E-state index < -0.39 is 0 Å². The van der Waals surface area contributed by atoms with Crippen molar-refractivity contribution in [1.29, 1.82) is 0 Å². The van der Waals surface area contributed by atoms with Crippen molar-refractivity contribution in [3.8, 4) is 0 Å². The smallest absolute Gasteiger partial charge is 0.225 e. The largest absolute Gasteiger partial charge is 0.378 e. The normalized spacial score (nSPS) is 34.0. The minimum atomic E-state index is -0.0268. The van der Waals surface area contributed by atoms with Gasteiger partial charge in [0.15, 0.2) is 0 Å². The fourth-order valence-corrected chi connectivity index (χ4v) is 5.36. The maximum absolute atomic E-state index is 12.9. The molecule has 0 radical (unpaired) electrons. The summed E-state index contributed by atoms with van der Waals surface area (Å²) < 4.78 is 5.95. The van der Waals surface area contributed by atoms with Gasteiger partial charge in [-0.2, -0.15) is 0 Å². The third-order valence-electron chi connectivity index (χ3n) is 7.03. The van der Waals surface area contributed by atoms with Crippen LogP contribution in [0.2, 0.25) is 0 Å². The minimum Gasteiger partial charge on any atom is -0.378 e. The van der Waals surface area contributed by atoms with Crippen LogP contribution in [0.5, 0.6) is 0 Å². The Hall–Kier alpha value is -1.10. The van der Waals surface area contributed by atoms with Gasteiger partial charge in [0.25, 0.3) is 0 Å². The average molecular weight is 348 g/mol. The van der Waals surface area contributed by atoms with E-state index >= 15 is 0 Å². The molecule has 0 bridgehead atoms. The predicted octanol–water partition coefficient (Wildman–Crippen LogP) is 2.49. The van der Waals surface area contributed by atoms with Crippen LogP contribution in [0, 0.1) is 17.3 Å². The summed E-state index contributed by atoms with van der Waals surface area (Å²) in [5, 5.41) is 3.35. The molecule has 4 rings (SSSR count). The zero-order chi connectivity index (χ0) is 17.4. The molecule has 3 aliphatic carbocycles. The highest BCUT2D eigenvalue weighted by Gasteiger charge is 2.57. The number of carbonyl (C=O) groups excluding carboxylic acids is 2. The summed E-state index contributed by atoms with van der Waals surface area (Å²) in [5.74, 6) is 0.674. The number of nitrogens with zero attached hydrogens (tertiary/aromatic N) is 1. The first-order valence-corrected chi connectivity index (χ1v) is 10.3. The monoisotopic (exact) mass is 348 g/mol. The van der Waals surface area contributed by atoms with E-state index in [1.54, 1.807) is 0 Å². The molecule has 3 atom stereocenters. The van der Waals surface area contributed by atoms with Gasteiger partial charge in [-0.25, -0.2) is 0 Å². The van der Waals surface area contributed by atoms with Gasteiger partial charge in [0.2, 0.25) is 11.8 Å². The first kappa shape index (κ1) is 17.3. The van der Waals surface area contributed by atoms with Crippen molar-refractivity contribution in [2.75, 3.05) is 19.7 Å². The Morgan fingerprint density at radius 1 is 1.12 bits per heavy atom. The molecule has 5 heteroatoms. The van der Waals surface area contributed by atoms with Gasteiger partial charge in [0, 0.05) is 37.1 Å². The van der Waals surface area contributed by atoms with Crippen LogP contribution in [0.1, 0.15) is 64.7 Å². The van der Waals surface area contributed by atoms with Crippen LogP contribution in [0.3, 0.4) is 0 Å². The lowest BCUT2D eigenvalue weighted by Gasteiger charge is -2.54. The molecule has 140 valence electrons. The van der Waals surface area contributed by atoms with Gasteiger partial charge in [-0.1, -0.05) is 12.8 Å². The van der Waals surface area contributed by atoms with Crippen molar-refractivity contribution in [3.63, 3.8) is 0 Å². The van der Waals surface area contributed by atoms with E-state index in [9.17, 15) is 9.59 Å². The molecule has 0 aromatic heterocycles. The van der Waals surface area contributed by atoms with Crippen LogP contribution in [0.4, 0.5) is 0 Å². The van der Waals surface area contributed by atoms with Gasteiger partial charge in [0.1, 0.15) is 0 Å². The number of hydrogen-bond donors (Lipinski definition) is 1. The highest BCUT2D eigenvalue weighted by atomic mass is 16.5. The Bertz CT molecular complexity index is 525. The summed E-state index contributed by atoms with van der Waals surface area (Å²) in [6.07, 6.45) is 10.1. The SMILES string of the molecule is CCO[C@@H]1C[C@H](NC(=O)[C@H]2CCCN(C(=O)C3CC3)C2)C12CCCC2. The summed E-state index contributed by atoms with van der Waals surface area (Å²) in [4.78, 5) is 27.1. The van der Waals surface area contributed by atoms with E-state index in [0.29, 0.717) is 12.6 Å². The molecule has 3 saturated carbocycles. The Kier molecular flexibility index (Phi) is 4.78. The minimum absolute atomic E-state index is 0.0268. The molecule has 0 aromatic carbocycles. The number of amides is 2. The molecular formula is C20H32N2O3. The molecule has 1 spiro atoms. The third kappa shape index (κ3) is 3.20. The number of nitrogens with one attached hydrogen (secondary N) is 1. The van der Waals surface area contributed by atoms with Crippen LogP contribution in [0.25, 0.3) is 0 Å². The Morgan fingerprint density at radius 2 is 1.88 bits per heavy atom. The van der Waals surface area contributed by atoms with Gasteiger partial charge in [-0.3, -0.25) is 9.59 Å². The Labute approximate surface area is 150 Å². The lowest BCUT2D eigenvalue weighted by atomic mass is 9.60. The van der Waals surface area contributed by atoms with E-state index in [2.05, 4.69) is 12.2 Å². The van der Waals surface area contributed by atoms with Crippen LogP contribution in [-0.2, 0) is 14.3 Å². The molecule has 1 N–H and O–H groups in total. The van der Waals surface area contributed by atoms with Crippen LogP contribution in [-0.4, -0.2) is 48.6 Å². The zero-order valence-electron chi connectivity index (χ0n) is 15.5. The second kappa shape index (κ2) is 6.90. The molecule has 25 heavy (non-hydrogen) atoms.